The SMILES string of the molecule is Cn1c(=O)[nH]cc(C(=O)N2CCc3nnc(-c4ccc(F)cc4)cc3C2)c1=O. The third-order valence-corrected chi connectivity index (χ3v) is 4.78. The Morgan fingerprint density at radius 2 is 1.93 bits per heavy atom. The molecule has 9 heteroatoms. The van der Waals surface area contributed by atoms with Gasteiger partial charge in [-0.15, -0.1) is 0 Å². The van der Waals surface area contributed by atoms with Crippen LogP contribution in [0, 0.1) is 5.82 Å². The Hall–Kier alpha value is -3.62. The molecule has 0 saturated carbocycles. The number of carbonyl (C=O) groups is 1. The molecule has 3 heterocycles. The second-order valence-corrected chi connectivity index (χ2v) is 6.56. The summed E-state index contributed by atoms with van der Waals surface area (Å²) in [5.41, 5.74) is 1.58. The van der Waals surface area contributed by atoms with Crippen molar-refractivity contribution in [2.45, 2.75) is 13.0 Å². The van der Waals surface area contributed by atoms with Gasteiger partial charge in [0.1, 0.15) is 11.4 Å². The lowest BCUT2D eigenvalue weighted by molar-refractivity contribution is 0.0730. The molecule has 0 aliphatic carbocycles. The summed E-state index contributed by atoms with van der Waals surface area (Å²) in [6, 6.07) is 7.74. The number of benzene rings is 1. The average molecular weight is 381 g/mol. The maximum absolute atomic E-state index is 13.1. The molecule has 1 aromatic carbocycles. The largest absolute Gasteiger partial charge is 0.334 e. The van der Waals surface area contributed by atoms with Gasteiger partial charge >= 0.3 is 5.69 Å². The number of nitrogens with one attached hydrogen (secondary N) is 1. The standard InChI is InChI=1S/C19H16FN5O3/c1-24-17(26)14(9-21-19(24)28)18(27)25-7-6-15-12(10-25)8-16(23-22-15)11-2-4-13(20)5-3-11/h2-5,8-9H,6-7,10H2,1H3,(H,21,28). The van der Waals surface area contributed by atoms with Crippen LogP contribution in [0.25, 0.3) is 11.3 Å². The number of amides is 1. The minimum Gasteiger partial charge on any atom is -0.334 e. The maximum atomic E-state index is 13.1. The summed E-state index contributed by atoms with van der Waals surface area (Å²) >= 11 is 0. The maximum Gasteiger partial charge on any atom is 0.328 e. The first kappa shape index (κ1) is 17.8. The van der Waals surface area contributed by atoms with Crippen molar-refractivity contribution < 1.29 is 9.18 Å². The van der Waals surface area contributed by atoms with E-state index in [1.54, 1.807) is 12.1 Å². The van der Waals surface area contributed by atoms with E-state index >= 15 is 0 Å². The zero-order valence-electron chi connectivity index (χ0n) is 15.0. The van der Waals surface area contributed by atoms with Crippen LogP contribution in [-0.2, 0) is 20.0 Å². The number of rotatable bonds is 2. The van der Waals surface area contributed by atoms with E-state index in [1.807, 2.05) is 6.07 Å². The van der Waals surface area contributed by atoms with Gasteiger partial charge in [0.05, 0.1) is 11.4 Å². The van der Waals surface area contributed by atoms with Crippen LogP contribution in [0.15, 0.2) is 46.1 Å². The number of halogens is 1. The van der Waals surface area contributed by atoms with Crippen molar-refractivity contribution in [1.82, 2.24) is 24.6 Å². The number of aromatic amines is 1. The molecule has 2 aromatic heterocycles. The summed E-state index contributed by atoms with van der Waals surface area (Å²) in [4.78, 5) is 40.4. The Labute approximate surface area is 158 Å². The fourth-order valence-corrected chi connectivity index (χ4v) is 3.15. The minimum absolute atomic E-state index is 0.0914. The molecule has 0 radical (unpaired) electrons. The quantitative estimate of drug-likeness (QED) is 0.710. The Morgan fingerprint density at radius 1 is 1.18 bits per heavy atom. The minimum atomic E-state index is -0.639. The van der Waals surface area contributed by atoms with E-state index in [-0.39, 0.29) is 17.9 Å². The molecule has 0 spiro atoms. The smallest absolute Gasteiger partial charge is 0.328 e. The van der Waals surface area contributed by atoms with Gasteiger partial charge in [0, 0.05) is 38.3 Å². The van der Waals surface area contributed by atoms with Gasteiger partial charge in [-0.05, 0) is 35.9 Å². The molecule has 1 N–H and O–H groups in total. The van der Waals surface area contributed by atoms with E-state index in [4.69, 9.17) is 0 Å². The Kier molecular flexibility index (Phi) is 4.34. The van der Waals surface area contributed by atoms with Gasteiger partial charge in [-0.1, -0.05) is 0 Å². The number of aromatic nitrogens is 4. The first-order chi connectivity index (χ1) is 13.4. The molecule has 0 fully saturated rings. The molecule has 142 valence electrons. The molecular weight excluding hydrogens is 365 g/mol. The van der Waals surface area contributed by atoms with Crippen LogP contribution in [0.4, 0.5) is 4.39 Å². The lowest BCUT2D eigenvalue weighted by Crippen LogP contribution is -2.42. The van der Waals surface area contributed by atoms with Crippen LogP contribution in [0.1, 0.15) is 21.6 Å². The fourth-order valence-electron chi connectivity index (χ4n) is 3.15. The van der Waals surface area contributed by atoms with Crippen molar-refractivity contribution in [1.29, 1.82) is 0 Å². The van der Waals surface area contributed by atoms with Gasteiger partial charge in [-0.25, -0.2) is 9.18 Å². The number of carbonyl (C=O) groups excluding carboxylic acids is 1. The first-order valence-corrected chi connectivity index (χ1v) is 8.63. The van der Waals surface area contributed by atoms with E-state index in [2.05, 4.69) is 15.2 Å². The molecular formula is C19H16FN5O3. The van der Waals surface area contributed by atoms with E-state index in [0.717, 1.165) is 27.6 Å². The van der Waals surface area contributed by atoms with Crippen molar-refractivity contribution in [3.05, 3.63) is 80.0 Å². The first-order valence-electron chi connectivity index (χ1n) is 8.63. The van der Waals surface area contributed by atoms with Gasteiger partial charge in [-0.2, -0.15) is 10.2 Å². The molecule has 0 bridgehead atoms. The highest BCUT2D eigenvalue weighted by molar-refractivity contribution is 5.93. The lowest BCUT2D eigenvalue weighted by Gasteiger charge is -2.28. The molecule has 0 saturated heterocycles. The topological polar surface area (TPSA) is 101 Å². The monoisotopic (exact) mass is 381 g/mol. The summed E-state index contributed by atoms with van der Waals surface area (Å²) in [5.74, 6) is -0.795. The molecule has 8 nitrogen and oxygen atoms in total. The fraction of sp³-hybridized carbons (Fsp3) is 0.211. The van der Waals surface area contributed by atoms with Crippen LogP contribution in [0.5, 0.6) is 0 Å². The molecule has 28 heavy (non-hydrogen) atoms. The van der Waals surface area contributed by atoms with Crippen LogP contribution in [-0.4, -0.2) is 37.1 Å². The summed E-state index contributed by atoms with van der Waals surface area (Å²) in [6.07, 6.45) is 1.65. The van der Waals surface area contributed by atoms with Crippen LogP contribution in [0.2, 0.25) is 0 Å². The number of nitrogens with zero attached hydrogens (tertiary/aromatic N) is 4. The van der Waals surface area contributed by atoms with Crippen molar-refractivity contribution >= 4 is 5.91 Å². The highest BCUT2D eigenvalue weighted by atomic mass is 19.1. The van der Waals surface area contributed by atoms with Gasteiger partial charge in [0.25, 0.3) is 11.5 Å². The highest BCUT2D eigenvalue weighted by Gasteiger charge is 2.25. The summed E-state index contributed by atoms with van der Waals surface area (Å²) in [6.45, 7) is 0.652. The second kappa shape index (κ2) is 6.84. The Bertz CT molecular complexity index is 1180. The molecule has 4 rings (SSSR count). The number of hydrogen-bond donors (Lipinski definition) is 1. The molecule has 1 amide bonds. The van der Waals surface area contributed by atoms with E-state index in [9.17, 15) is 18.8 Å². The summed E-state index contributed by atoms with van der Waals surface area (Å²) in [7, 11) is 1.31. The molecule has 3 aromatic rings. The van der Waals surface area contributed by atoms with E-state index in [0.29, 0.717) is 18.7 Å². The number of H-pyrrole nitrogens is 1. The van der Waals surface area contributed by atoms with Crippen molar-refractivity contribution in [2.75, 3.05) is 6.54 Å². The third kappa shape index (κ3) is 3.11. The molecule has 1 aliphatic heterocycles. The normalized spacial score (nSPS) is 13.3. The second-order valence-electron chi connectivity index (χ2n) is 6.56. The van der Waals surface area contributed by atoms with Crippen LogP contribution >= 0.6 is 0 Å². The zero-order valence-corrected chi connectivity index (χ0v) is 15.0. The van der Waals surface area contributed by atoms with Crippen LogP contribution < -0.4 is 11.2 Å². The van der Waals surface area contributed by atoms with Crippen molar-refractivity contribution in [3.8, 4) is 11.3 Å². The number of fused-ring (bicyclic) bond motifs is 1. The predicted octanol–water partition coefficient (Wildman–Crippen LogP) is 0.868. The van der Waals surface area contributed by atoms with Gasteiger partial charge in [0.15, 0.2) is 0 Å². The molecule has 0 atom stereocenters. The summed E-state index contributed by atoms with van der Waals surface area (Å²) < 4.78 is 14.0. The third-order valence-electron chi connectivity index (χ3n) is 4.78. The highest BCUT2D eigenvalue weighted by Crippen LogP contribution is 2.23. The van der Waals surface area contributed by atoms with Crippen molar-refractivity contribution in [2.24, 2.45) is 7.05 Å². The molecule has 1 aliphatic rings. The average Bonchev–Trinajstić information content (AvgIpc) is 2.71. The Balaban J connectivity index is 1.64. The van der Waals surface area contributed by atoms with Gasteiger partial charge in [0.2, 0.25) is 0 Å². The Morgan fingerprint density at radius 3 is 2.68 bits per heavy atom. The van der Waals surface area contributed by atoms with Crippen molar-refractivity contribution in [3.63, 3.8) is 0 Å². The molecule has 0 unspecified atom stereocenters. The number of hydrogen-bond acceptors (Lipinski definition) is 5. The van der Waals surface area contributed by atoms with Crippen LogP contribution in [0.3, 0.4) is 0 Å². The van der Waals surface area contributed by atoms with Gasteiger partial charge in [-0.3, -0.25) is 14.2 Å². The van der Waals surface area contributed by atoms with E-state index < -0.39 is 17.2 Å². The van der Waals surface area contributed by atoms with E-state index in [1.165, 1.54) is 24.1 Å². The van der Waals surface area contributed by atoms with Gasteiger partial charge < -0.3 is 9.88 Å². The lowest BCUT2D eigenvalue weighted by atomic mass is 10.0. The predicted molar refractivity (Wildman–Crippen MR) is 98.2 cm³/mol. The summed E-state index contributed by atoms with van der Waals surface area (Å²) in [5, 5.41) is 8.42. The zero-order chi connectivity index (χ0) is 19.8.